The zero-order chi connectivity index (χ0) is 13.8. The van der Waals surface area contributed by atoms with Gasteiger partial charge >= 0.3 is 5.97 Å². The van der Waals surface area contributed by atoms with Crippen LogP contribution < -0.4 is 5.32 Å². The average Bonchev–Trinajstić information content (AvgIpc) is 2.29. The highest BCUT2D eigenvalue weighted by atomic mass is 16.4. The zero-order valence-corrected chi connectivity index (χ0v) is 10.8. The molecular weight excluding hydrogens is 230 g/mol. The van der Waals surface area contributed by atoms with E-state index in [2.05, 4.69) is 10.3 Å². The third kappa shape index (κ3) is 4.06. The van der Waals surface area contributed by atoms with Crippen LogP contribution in [0.1, 0.15) is 37.9 Å². The van der Waals surface area contributed by atoms with Crippen LogP contribution in [0.2, 0.25) is 0 Å². The first kappa shape index (κ1) is 14.0. The number of carboxylic acid groups (broad SMARTS) is 1. The molecule has 0 spiro atoms. The number of nitrogens with zero attached hydrogens (tertiary/aromatic N) is 2. The number of carboxylic acids is 1. The van der Waals surface area contributed by atoms with E-state index in [1.165, 1.54) is 0 Å². The first-order valence-electron chi connectivity index (χ1n) is 5.72. The van der Waals surface area contributed by atoms with E-state index in [4.69, 9.17) is 10.4 Å². The summed E-state index contributed by atoms with van der Waals surface area (Å²) in [6.45, 7) is 5.64. The number of nitriles is 1. The summed E-state index contributed by atoms with van der Waals surface area (Å²) >= 11 is 0. The summed E-state index contributed by atoms with van der Waals surface area (Å²) in [4.78, 5) is 14.7. The van der Waals surface area contributed by atoms with E-state index in [-0.39, 0.29) is 12.0 Å². The number of aliphatic carboxylic acids is 1. The Balaban J connectivity index is 2.78. The van der Waals surface area contributed by atoms with Crippen LogP contribution >= 0.6 is 0 Å². The maximum atomic E-state index is 10.6. The van der Waals surface area contributed by atoms with Crippen LogP contribution in [0.3, 0.4) is 0 Å². The molecule has 1 aromatic rings. The van der Waals surface area contributed by atoms with Crippen LogP contribution in [0.5, 0.6) is 0 Å². The van der Waals surface area contributed by atoms with Gasteiger partial charge in [-0.05, 0) is 38.8 Å². The number of rotatable bonds is 5. The molecule has 0 aliphatic rings. The van der Waals surface area contributed by atoms with E-state index in [9.17, 15) is 4.79 Å². The molecule has 0 aliphatic carbocycles. The van der Waals surface area contributed by atoms with Gasteiger partial charge in [-0.25, -0.2) is 4.98 Å². The zero-order valence-electron chi connectivity index (χ0n) is 10.8. The maximum Gasteiger partial charge on any atom is 0.303 e. The fraction of sp³-hybridized carbons (Fsp3) is 0.462. The molecule has 2 N–H and O–H groups in total. The normalized spacial score (nSPS) is 10.8. The highest BCUT2D eigenvalue weighted by molar-refractivity contribution is 5.66. The highest BCUT2D eigenvalue weighted by Gasteiger charge is 2.19. The molecule has 0 atom stereocenters. The van der Waals surface area contributed by atoms with Crippen LogP contribution in [-0.4, -0.2) is 21.6 Å². The topological polar surface area (TPSA) is 86.0 Å². The van der Waals surface area contributed by atoms with E-state index in [0.29, 0.717) is 17.9 Å². The SMILES string of the molecule is Cc1ccc(NC(C)(C)CCC(=O)O)nc1C#N. The summed E-state index contributed by atoms with van der Waals surface area (Å²) < 4.78 is 0. The summed E-state index contributed by atoms with van der Waals surface area (Å²) in [6.07, 6.45) is 0.580. The lowest BCUT2D eigenvalue weighted by Crippen LogP contribution is -2.32. The molecule has 0 aromatic carbocycles. The fourth-order valence-electron chi connectivity index (χ4n) is 1.54. The van der Waals surface area contributed by atoms with Crippen molar-refractivity contribution < 1.29 is 9.90 Å². The van der Waals surface area contributed by atoms with Crippen LogP contribution in [0, 0.1) is 18.3 Å². The molecule has 0 bridgehead atoms. The Kier molecular flexibility index (Phi) is 4.27. The second kappa shape index (κ2) is 5.50. The number of aryl methyl sites for hydroxylation is 1. The monoisotopic (exact) mass is 247 g/mol. The highest BCUT2D eigenvalue weighted by Crippen LogP contribution is 2.19. The van der Waals surface area contributed by atoms with Gasteiger partial charge in [-0.1, -0.05) is 6.07 Å². The first-order chi connectivity index (χ1) is 8.34. The third-order valence-electron chi connectivity index (χ3n) is 2.63. The van der Waals surface area contributed by atoms with Crippen molar-refractivity contribution in [2.24, 2.45) is 0 Å². The van der Waals surface area contributed by atoms with Gasteiger partial charge in [-0.2, -0.15) is 5.26 Å². The lowest BCUT2D eigenvalue weighted by Gasteiger charge is -2.26. The minimum Gasteiger partial charge on any atom is -0.481 e. The van der Waals surface area contributed by atoms with E-state index in [1.807, 2.05) is 32.9 Å². The van der Waals surface area contributed by atoms with Crippen molar-refractivity contribution in [2.45, 2.75) is 39.2 Å². The second-order valence-corrected chi connectivity index (χ2v) is 4.88. The summed E-state index contributed by atoms with van der Waals surface area (Å²) in [6, 6.07) is 5.64. The first-order valence-corrected chi connectivity index (χ1v) is 5.72. The fourth-order valence-corrected chi connectivity index (χ4v) is 1.54. The van der Waals surface area contributed by atoms with Crippen molar-refractivity contribution in [3.8, 4) is 6.07 Å². The molecule has 5 heteroatoms. The molecule has 1 heterocycles. The number of carbonyl (C=O) groups is 1. The van der Waals surface area contributed by atoms with Crippen molar-refractivity contribution in [1.82, 2.24) is 4.98 Å². The number of hydrogen-bond donors (Lipinski definition) is 2. The van der Waals surface area contributed by atoms with Gasteiger partial charge in [0.15, 0.2) is 0 Å². The van der Waals surface area contributed by atoms with Gasteiger partial charge in [0.05, 0.1) is 0 Å². The smallest absolute Gasteiger partial charge is 0.303 e. The average molecular weight is 247 g/mol. The van der Waals surface area contributed by atoms with Gasteiger partial charge < -0.3 is 10.4 Å². The Bertz CT molecular complexity index is 489. The lowest BCUT2D eigenvalue weighted by molar-refractivity contribution is -0.137. The van der Waals surface area contributed by atoms with Gasteiger partial charge in [-0.15, -0.1) is 0 Å². The predicted octanol–water partition coefficient (Wildman–Crippen LogP) is 2.32. The van der Waals surface area contributed by atoms with E-state index >= 15 is 0 Å². The van der Waals surface area contributed by atoms with Crippen molar-refractivity contribution in [1.29, 1.82) is 5.26 Å². The van der Waals surface area contributed by atoms with E-state index in [1.54, 1.807) is 6.07 Å². The van der Waals surface area contributed by atoms with Gasteiger partial charge in [0, 0.05) is 12.0 Å². The van der Waals surface area contributed by atoms with Crippen LogP contribution in [0.4, 0.5) is 5.82 Å². The quantitative estimate of drug-likeness (QED) is 0.833. The lowest BCUT2D eigenvalue weighted by atomic mass is 9.98. The number of aromatic nitrogens is 1. The minimum absolute atomic E-state index is 0.0942. The van der Waals surface area contributed by atoms with Gasteiger partial charge in [0.2, 0.25) is 0 Å². The van der Waals surface area contributed by atoms with Gasteiger partial charge in [0.1, 0.15) is 17.6 Å². The molecule has 1 rings (SSSR count). The second-order valence-electron chi connectivity index (χ2n) is 4.88. The van der Waals surface area contributed by atoms with Crippen molar-refractivity contribution in [2.75, 3.05) is 5.32 Å². The molecule has 5 nitrogen and oxygen atoms in total. The molecule has 0 saturated heterocycles. The summed E-state index contributed by atoms with van der Waals surface area (Å²) in [5.74, 6) is -0.230. The summed E-state index contributed by atoms with van der Waals surface area (Å²) in [5, 5.41) is 20.7. The molecular formula is C13H17N3O2. The molecule has 96 valence electrons. The molecule has 0 radical (unpaired) electrons. The number of nitrogens with one attached hydrogen (secondary N) is 1. The standard InChI is InChI=1S/C13H17N3O2/c1-9-4-5-11(15-10(9)8-14)16-13(2,3)7-6-12(17)18/h4-5H,6-7H2,1-3H3,(H,15,16)(H,17,18). The Morgan fingerprint density at radius 1 is 1.56 bits per heavy atom. The van der Waals surface area contributed by atoms with E-state index < -0.39 is 5.97 Å². The Hall–Kier alpha value is -2.09. The number of pyridine rings is 1. The van der Waals surface area contributed by atoms with Crippen LogP contribution in [-0.2, 0) is 4.79 Å². The van der Waals surface area contributed by atoms with Gasteiger partial charge in [0.25, 0.3) is 0 Å². The molecule has 0 unspecified atom stereocenters. The Labute approximate surface area is 106 Å². The van der Waals surface area contributed by atoms with Crippen molar-refractivity contribution in [3.63, 3.8) is 0 Å². The third-order valence-corrected chi connectivity index (χ3v) is 2.63. The van der Waals surface area contributed by atoms with Crippen molar-refractivity contribution >= 4 is 11.8 Å². The summed E-state index contributed by atoms with van der Waals surface area (Å²) in [7, 11) is 0. The molecule has 1 aromatic heterocycles. The van der Waals surface area contributed by atoms with Crippen LogP contribution in [0.25, 0.3) is 0 Å². The maximum absolute atomic E-state index is 10.6. The Morgan fingerprint density at radius 2 is 2.22 bits per heavy atom. The molecule has 0 aliphatic heterocycles. The molecule has 0 amide bonds. The Morgan fingerprint density at radius 3 is 2.78 bits per heavy atom. The summed E-state index contributed by atoms with van der Waals surface area (Å²) in [5.41, 5.74) is 0.827. The van der Waals surface area contributed by atoms with Gasteiger partial charge in [-0.3, -0.25) is 4.79 Å². The number of hydrogen-bond acceptors (Lipinski definition) is 4. The van der Waals surface area contributed by atoms with Crippen LogP contribution in [0.15, 0.2) is 12.1 Å². The molecule has 18 heavy (non-hydrogen) atoms. The minimum atomic E-state index is -0.820. The number of anilines is 1. The van der Waals surface area contributed by atoms with Crippen molar-refractivity contribution in [3.05, 3.63) is 23.4 Å². The van der Waals surface area contributed by atoms with E-state index in [0.717, 1.165) is 5.56 Å². The predicted molar refractivity (Wildman–Crippen MR) is 68.3 cm³/mol. The largest absolute Gasteiger partial charge is 0.481 e. The molecule has 0 saturated carbocycles. The molecule has 0 fully saturated rings.